The maximum absolute atomic E-state index is 11.2. The maximum Gasteiger partial charge on any atom is 0.314 e. The van der Waals surface area contributed by atoms with Crippen LogP contribution < -0.4 is 10.6 Å². The van der Waals surface area contributed by atoms with Gasteiger partial charge in [0.05, 0.1) is 6.42 Å². The number of hydrogen-bond donors (Lipinski definition) is 3. The van der Waals surface area contributed by atoms with Gasteiger partial charge in [-0.05, 0) is 24.1 Å². The first-order valence-electron chi connectivity index (χ1n) is 5.56. The minimum atomic E-state index is -0.934. The summed E-state index contributed by atoms with van der Waals surface area (Å²) in [5.74, 6) is -0.934. The number of amides is 2. The number of carboxylic acids is 1. The first-order valence-corrected chi connectivity index (χ1v) is 5.93. The lowest BCUT2D eigenvalue weighted by molar-refractivity contribution is -0.136. The monoisotopic (exact) mass is 270 g/mol. The summed E-state index contributed by atoms with van der Waals surface area (Å²) >= 11 is 5.75. The first-order chi connectivity index (χ1) is 8.58. The fourth-order valence-electron chi connectivity index (χ4n) is 1.32. The van der Waals surface area contributed by atoms with Crippen molar-refractivity contribution < 1.29 is 14.7 Å². The van der Waals surface area contributed by atoms with Crippen LogP contribution in [0.15, 0.2) is 24.3 Å². The highest BCUT2D eigenvalue weighted by molar-refractivity contribution is 6.30. The molecule has 1 aromatic rings. The van der Waals surface area contributed by atoms with Gasteiger partial charge in [0.15, 0.2) is 0 Å². The molecule has 0 spiro atoms. The second-order valence-corrected chi connectivity index (χ2v) is 4.14. The van der Waals surface area contributed by atoms with Crippen LogP contribution in [-0.2, 0) is 11.2 Å². The van der Waals surface area contributed by atoms with E-state index in [4.69, 9.17) is 16.7 Å². The van der Waals surface area contributed by atoms with E-state index < -0.39 is 5.97 Å². The zero-order chi connectivity index (χ0) is 13.4. The summed E-state index contributed by atoms with van der Waals surface area (Å²) in [6.07, 6.45) is 0.619. The minimum absolute atomic E-state index is 0.0788. The predicted molar refractivity (Wildman–Crippen MR) is 68.8 cm³/mol. The summed E-state index contributed by atoms with van der Waals surface area (Å²) in [4.78, 5) is 21.5. The van der Waals surface area contributed by atoms with Gasteiger partial charge in [-0.1, -0.05) is 23.7 Å². The SMILES string of the molecule is O=C(O)CCNC(=O)NCCc1ccc(Cl)cc1. The third-order valence-corrected chi connectivity index (χ3v) is 2.49. The highest BCUT2D eigenvalue weighted by Gasteiger charge is 2.01. The molecule has 0 aromatic heterocycles. The van der Waals surface area contributed by atoms with Gasteiger partial charge in [-0.15, -0.1) is 0 Å². The lowest BCUT2D eigenvalue weighted by Gasteiger charge is -2.06. The van der Waals surface area contributed by atoms with Crippen molar-refractivity contribution in [3.63, 3.8) is 0 Å². The number of urea groups is 1. The van der Waals surface area contributed by atoms with E-state index in [0.29, 0.717) is 18.0 Å². The Kier molecular flexibility index (Phi) is 6.00. The molecule has 0 bridgehead atoms. The Labute approximate surface area is 110 Å². The molecule has 2 amide bonds. The molecule has 0 heterocycles. The Bertz CT molecular complexity index is 406. The highest BCUT2D eigenvalue weighted by Crippen LogP contribution is 2.09. The number of carbonyl (C=O) groups is 2. The van der Waals surface area contributed by atoms with Crippen LogP contribution in [-0.4, -0.2) is 30.2 Å². The molecule has 0 radical (unpaired) electrons. The summed E-state index contributed by atoms with van der Waals surface area (Å²) in [5, 5.41) is 14.2. The van der Waals surface area contributed by atoms with Gasteiger partial charge in [0.1, 0.15) is 0 Å². The van der Waals surface area contributed by atoms with Crippen LogP contribution in [0.5, 0.6) is 0 Å². The normalized spacial score (nSPS) is 9.83. The standard InChI is InChI=1S/C12H15ClN2O3/c13-10-3-1-9(2-4-10)5-7-14-12(18)15-8-6-11(16)17/h1-4H,5-8H2,(H,16,17)(H2,14,15,18). The average Bonchev–Trinajstić information content (AvgIpc) is 2.31. The zero-order valence-electron chi connectivity index (χ0n) is 9.78. The molecule has 0 saturated heterocycles. The summed E-state index contributed by atoms with van der Waals surface area (Å²) in [6.45, 7) is 0.614. The van der Waals surface area contributed by atoms with Crippen molar-refractivity contribution in [1.29, 1.82) is 0 Å². The summed E-state index contributed by atoms with van der Waals surface area (Å²) in [5.41, 5.74) is 1.07. The van der Waals surface area contributed by atoms with E-state index in [1.165, 1.54) is 0 Å². The lowest BCUT2D eigenvalue weighted by atomic mass is 10.1. The van der Waals surface area contributed by atoms with E-state index in [-0.39, 0.29) is 19.0 Å². The van der Waals surface area contributed by atoms with E-state index in [1.807, 2.05) is 12.1 Å². The molecule has 0 unspecified atom stereocenters. The van der Waals surface area contributed by atoms with Crippen LogP contribution in [0, 0.1) is 0 Å². The van der Waals surface area contributed by atoms with Crippen LogP contribution in [0.1, 0.15) is 12.0 Å². The first kappa shape index (κ1) is 14.3. The van der Waals surface area contributed by atoms with Crippen molar-refractivity contribution in [2.24, 2.45) is 0 Å². The molecule has 6 heteroatoms. The third kappa shape index (κ3) is 6.10. The van der Waals surface area contributed by atoms with Gasteiger partial charge in [-0.25, -0.2) is 4.79 Å². The second-order valence-electron chi connectivity index (χ2n) is 3.70. The molecule has 3 N–H and O–H groups in total. The molecule has 0 fully saturated rings. The summed E-state index contributed by atoms with van der Waals surface area (Å²) in [6, 6.07) is 7.02. The number of carbonyl (C=O) groups excluding carboxylic acids is 1. The molecule has 0 aliphatic rings. The van der Waals surface area contributed by atoms with Crippen molar-refractivity contribution in [2.45, 2.75) is 12.8 Å². The fourth-order valence-corrected chi connectivity index (χ4v) is 1.44. The largest absolute Gasteiger partial charge is 0.481 e. The molecule has 1 rings (SSSR count). The molecular formula is C12H15ClN2O3. The number of benzene rings is 1. The van der Waals surface area contributed by atoms with Crippen molar-refractivity contribution >= 4 is 23.6 Å². The number of carboxylic acid groups (broad SMARTS) is 1. The van der Waals surface area contributed by atoms with Gasteiger partial charge in [0, 0.05) is 18.1 Å². The van der Waals surface area contributed by atoms with Crippen molar-refractivity contribution in [1.82, 2.24) is 10.6 Å². The van der Waals surface area contributed by atoms with Crippen LogP contribution in [0.25, 0.3) is 0 Å². The molecule has 1 aromatic carbocycles. The van der Waals surface area contributed by atoms with E-state index in [2.05, 4.69) is 10.6 Å². The lowest BCUT2D eigenvalue weighted by Crippen LogP contribution is -2.37. The Morgan fingerprint density at radius 2 is 1.72 bits per heavy atom. The van der Waals surface area contributed by atoms with E-state index in [0.717, 1.165) is 5.56 Å². The molecule has 0 aliphatic heterocycles. The molecule has 0 aliphatic carbocycles. The Morgan fingerprint density at radius 1 is 1.11 bits per heavy atom. The highest BCUT2D eigenvalue weighted by atomic mass is 35.5. The van der Waals surface area contributed by atoms with Crippen LogP contribution in [0.2, 0.25) is 5.02 Å². The van der Waals surface area contributed by atoms with E-state index >= 15 is 0 Å². The number of halogens is 1. The Balaban J connectivity index is 2.15. The molecule has 98 valence electrons. The van der Waals surface area contributed by atoms with Gasteiger partial charge in [-0.3, -0.25) is 4.79 Å². The topological polar surface area (TPSA) is 78.4 Å². The minimum Gasteiger partial charge on any atom is -0.481 e. The molecule has 18 heavy (non-hydrogen) atoms. The van der Waals surface area contributed by atoms with Crippen LogP contribution >= 0.6 is 11.6 Å². The molecule has 0 atom stereocenters. The quantitative estimate of drug-likeness (QED) is 0.736. The van der Waals surface area contributed by atoms with Gasteiger partial charge in [-0.2, -0.15) is 0 Å². The summed E-state index contributed by atoms with van der Waals surface area (Å²) in [7, 11) is 0. The molecular weight excluding hydrogens is 256 g/mol. The Hall–Kier alpha value is -1.75. The van der Waals surface area contributed by atoms with E-state index in [9.17, 15) is 9.59 Å². The fraction of sp³-hybridized carbons (Fsp3) is 0.333. The summed E-state index contributed by atoms with van der Waals surface area (Å²) < 4.78 is 0. The van der Waals surface area contributed by atoms with Crippen molar-refractivity contribution in [2.75, 3.05) is 13.1 Å². The molecule has 5 nitrogen and oxygen atoms in total. The van der Waals surface area contributed by atoms with E-state index in [1.54, 1.807) is 12.1 Å². The number of nitrogens with one attached hydrogen (secondary N) is 2. The second kappa shape index (κ2) is 7.55. The molecule has 0 saturated carbocycles. The number of hydrogen-bond acceptors (Lipinski definition) is 2. The van der Waals surface area contributed by atoms with Gasteiger partial charge >= 0.3 is 12.0 Å². The van der Waals surface area contributed by atoms with Crippen molar-refractivity contribution in [3.8, 4) is 0 Å². The van der Waals surface area contributed by atoms with Crippen molar-refractivity contribution in [3.05, 3.63) is 34.9 Å². The van der Waals surface area contributed by atoms with Crippen LogP contribution in [0.3, 0.4) is 0 Å². The van der Waals surface area contributed by atoms with Gasteiger partial charge in [0.2, 0.25) is 0 Å². The zero-order valence-corrected chi connectivity index (χ0v) is 10.5. The van der Waals surface area contributed by atoms with Gasteiger partial charge < -0.3 is 15.7 Å². The predicted octanol–water partition coefficient (Wildman–Crippen LogP) is 1.66. The smallest absolute Gasteiger partial charge is 0.314 e. The number of aliphatic carboxylic acids is 1. The maximum atomic E-state index is 11.2. The van der Waals surface area contributed by atoms with Crippen LogP contribution in [0.4, 0.5) is 4.79 Å². The van der Waals surface area contributed by atoms with Gasteiger partial charge in [0.25, 0.3) is 0 Å². The third-order valence-electron chi connectivity index (χ3n) is 2.24. The average molecular weight is 271 g/mol. The number of rotatable bonds is 6. The Morgan fingerprint density at radius 3 is 2.33 bits per heavy atom.